The van der Waals surface area contributed by atoms with Gasteiger partial charge in [0.1, 0.15) is 0 Å². The first-order chi connectivity index (χ1) is 6.33. The molecule has 1 radical (unpaired) electrons. The van der Waals surface area contributed by atoms with E-state index in [1.807, 2.05) is 12.1 Å². The summed E-state index contributed by atoms with van der Waals surface area (Å²) in [7, 11) is 0. The lowest BCUT2D eigenvalue weighted by molar-refractivity contribution is 0.902. The lowest BCUT2D eigenvalue weighted by Crippen LogP contribution is -1.99. The van der Waals surface area contributed by atoms with Gasteiger partial charge in [-0.05, 0) is 25.3 Å². The number of pyridine rings is 1. The summed E-state index contributed by atoms with van der Waals surface area (Å²) in [5.41, 5.74) is 1.89. The summed E-state index contributed by atoms with van der Waals surface area (Å²) in [5.74, 6) is 0. The lowest BCUT2D eigenvalue weighted by Gasteiger charge is -2.01. The highest BCUT2D eigenvalue weighted by molar-refractivity contribution is 5.81. The van der Waals surface area contributed by atoms with Gasteiger partial charge in [-0.15, -0.1) is 0 Å². The fourth-order valence-corrected chi connectivity index (χ4v) is 1.20. The van der Waals surface area contributed by atoms with E-state index in [1.54, 1.807) is 6.20 Å². The molecule has 2 nitrogen and oxygen atoms in total. The predicted molar refractivity (Wildman–Crippen MR) is 54.0 cm³/mol. The molecular weight excluding hydrogens is 160 g/mol. The Bertz CT molecular complexity index is 254. The Morgan fingerprint density at radius 3 is 3.00 bits per heavy atom. The van der Waals surface area contributed by atoms with Crippen LogP contribution < -0.4 is 0 Å². The molecule has 1 aromatic heterocycles. The second-order valence-electron chi connectivity index (χ2n) is 3.10. The van der Waals surface area contributed by atoms with E-state index < -0.39 is 0 Å². The van der Waals surface area contributed by atoms with E-state index in [1.165, 1.54) is 0 Å². The molecule has 0 aliphatic carbocycles. The minimum atomic E-state index is 0.831. The number of hydrogen-bond donors (Lipinski definition) is 1. The van der Waals surface area contributed by atoms with Crippen LogP contribution in [0.3, 0.4) is 0 Å². The van der Waals surface area contributed by atoms with Crippen molar-refractivity contribution < 1.29 is 0 Å². The van der Waals surface area contributed by atoms with E-state index in [9.17, 15) is 0 Å². The maximum atomic E-state index is 7.60. The van der Waals surface area contributed by atoms with Crippen molar-refractivity contribution in [3.05, 3.63) is 30.1 Å². The van der Waals surface area contributed by atoms with Crippen LogP contribution in [0.1, 0.15) is 31.9 Å². The van der Waals surface area contributed by atoms with Crippen molar-refractivity contribution in [2.75, 3.05) is 0 Å². The lowest BCUT2D eigenvalue weighted by atomic mass is 10.1. The minimum absolute atomic E-state index is 0.831. The zero-order valence-corrected chi connectivity index (χ0v) is 8.01. The van der Waals surface area contributed by atoms with Crippen LogP contribution in [0.2, 0.25) is 0 Å². The van der Waals surface area contributed by atoms with E-state index in [0.29, 0.717) is 0 Å². The van der Waals surface area contributed by atoms with Gasteiger partial charge in [0.25, 0.3) is 0 Å². The molecule has 69 valence electrons. The first-order valence-corrected chi connectivity index (χ1v) is 4.70. The van der Waals surface area contributed by atoms with Crippen molar-refractivity contribution >= 4 is 5.71 Å². The van der Waals surface area contributed by atoms with E-state index in [4.69, 9.17) is 5.41 Å². The summed E-state index contributed by atoms with van der Waals surface area (Å²) >= 11 is 0. The highest BCUT2D eigenvalue weighted by Crippen LogP contribution is 2.02. The number of aromatic nitrogens is 1. The molecule has 1 heterocycles. The topological polar surface area (TPSA) is 36.7 Å². The van der Waals surface area contributed by atoms with Crippen molar-refractivity contribution in [2.45, 2.75) is 32.6 Å². The summed E-state index contributed by atoms with van der Waals surface area (Å²) < 4.78 is 0. The standard InChI is InChI=1S/C11H15N2/c1-2-5-10(12)7-8-11-6-3-4-9-13-11/h3,6,9,12H,2,5,7-8H2,1H3. The summed E-state index contributed by atoms with van der Waals surface area (Å²) in [4.78, 5) is 4.16. The zero-order chi connectivity index (χ0) is 9.52. The van der Waals surface area contributed by atoms with Crippen LogP contribution in [0.25, 0.3) is 0 Å². The average molecular weight is 175 g/mol. The number of rotatable bonds is 5. The van der Waals surface area contributed by atoms with Crippen LogP contribution in [-0.2, 0) is 6.42 Å². The van der Waals surface area contributed by atoms with Crippen molar-refractivity contribution in [2.24, 2.45) is 0 Å². The predicted octanol–water partition coefficient (Wildman–Crippen LogP) is 2.63. The van der Waals surface area contributed by atoms with Crippen LogP contribution in [-0.4, -0.2) is 10.7 Å². The molecule has 0 aliphatic heterocycles. The van der Waals surface area contributed by atoms with Crippen LogP contribution in [0.15, 0.2) is 18.3 Å². The molecule has 0 fully saturated rings. The first kappa shape index (κ1) is 9.90. The molecule has 0 aliphatic rings. The summed E-state index contributed by atoms with van der Waals surface area (Å²) in [6.07, 6.45) is 5.38. The minimum Gasteiger partial charge on any atom is -0.310 e. The van der Waals surface area contributed by atoms with Crippen LogP contribution >= 0.6 is 0 Å². The van der Waals surface area contributed by atoms with E-state index >= 15 is 0 Å². The Morgan fingerprint density at radius 1 is 1.54 bits per heavy atom. The van der Waals surface area contributed by atoms with E-state index in [0.717, 1.165) is 37.1 Å². The van der Waals surface area contributed by atoms with Gasteiger partial charge in [-0.1, -0.05) is 19.4 Å². The Balaban J connectivity index is 2.31. The Hall–Kier alpha value is -1.18. The van der Waals surface area contributed by atoms with Gasteiger partial charge >= 0.3 is 0 Å². The number of nitrogens with one attached hydrogen (secondary N) is 1. The van der Waals surface area contributed by atoms with Gasteiger partial charge in [0, 0.05) is 23.7 Å². The third-order valence-corrected chi connectivity index (χ3v) is 1.91. The van der Waals surface area contributed by atoms with E-state index in [-0.39, 0.29) is 0 Å². The maximum Gasteiger partial charge on any atom is 0.0407 e. The molecule has 0 atom stereocenters. The van der Waals surface area contributed by atoms with Crippen LogP contribution in [0, 0.1) is 11.5 Å². The molecule has 0 spiro atoms. The van der Waals surface area contributed by atoms with Gasteiger partial charge in [0.05, 0.1) is 0 Å². The fourth-order valence-electron chi connectivity index (χ4n) is 1.20. The van der Waals surface area contributed by atoms with Gasteiger partial charge in [-0.2, -0.15) is 0 Å². The van der Waals surface area contributed by atoms with Gasteiger partial charge < -0.3 is 5.41 Å². The third-order valence-electron chi connectivity index (χ3n) is 1.91. The van der Waals surface area contributed by atoms with Gasteiger partial charge in [-0.3, -0.25) is 4.98 Å². The summed E-state index contributed by atoms with van der Waals surface area (Å²) in [6.45, 7) is 2.10. The van der Waals surface area contributed by atoms with Crippen molar-refractivity contribution in [1.29, 1.82) is 5.41 Å². The maximum absolute atomic E-state index is 7.60. The number of nitrogens with zero attached hydrogens (tertiary/aromatic N) is 1. The van der Waals surface area contributed by atoms with Crippen molar-refractivity contribution in [1.82, 2.24) is 4.98 Å². The molecule has 0 bridgehead atoms. The highest BCUT2D eigenvalue weighted by Gasteiger charge is 1.97. The Kier molecular flexibility index (Phi) is 4.16. The fraction of sp³-hybridized carbons (Fsp3) is 0.455. The van der Waals surface area contributed by atoms with Gasteiger partial charge in [-0.25, -0.2) is 0 Å². The summed E-state index contributed by atoms with van der Waals surface area (Å²) in [5, 5.41) is 7.60. The molecule has 1 rings (SSSR count). The van der Waals surface area contributed by atoms with Crippen LogP contribution in [0.4, 0.5) is 0 Å². The highest BCUT2D eigenvalue weighted by atomic mass is 14.7. The normalized spacial score (nSPS) is 9.92. The van der Waals surface area contributed by atoms with Crippen molar-refractivity contribution in [3.8, 4) is 0 Å². The molecule has 2 heteroatoms. The molecule has 13 heavy (non-hydrogen) atoms. The smallest absolute Gasteiger partial charge is 0.0407 e. The second-order valence-corrected chi connectivity index (χ2v) is 3.10. The molecule has 1 aromatic rings. The van der Waals surface area contributed by atoms with Crippen LogP contribution in [0.5, 0.6) is 0 Å². The molecular formula is C11H15N2. The SMILES string of the molecule is CCCC(=N)CCc1cc[c]cn1. The van der Waals surface area contributed by atoms with E-state index in [2.05, 4.69) is 18.0 Å². The molecule has 1 N–H and O–H groups in total. The average Bonchev–Trinajstić information content (AvgIpc) is 2.17. The number of hydrogen-bond acceptors (Lipinski definition) is 2. The molecule has 0 saturated carbocycles. The summed E-state index contributed by atoms with van der Waals surface area (Å²) in [6, 6.07) is 6.71. The monoisotopic (exact) mass is 175 g/mol. The zero-order valence-electron chi connectivity index (χ0n) is 8.01. The molecule has 0 unspecified atom stereocenters. The largest absolute Gasteiger partial charge is 0.310 e. The molecule has 0 saturated heterocycles. The van der Waals surface area contributed by atoms with Crippen molar-refractivity contribution in [3.63, 3.8) is 0 Å². The molecule has 0 amide bonds. The Labute approximate surface area is 79.5 Å². The van der Waals surface area contributed by atoms with Gasteiger partial charge in [0.2, 0.25) is 0 Å². The molecule has 0 aromatic carbocycles. The Morgan fingerprint density at radius 2 is 2.38 bits per heavy atom. The first-order valence-electron chi connectivity index (χ1n) is 4.70. The van der Waals surface area contributed by atoms with Gasteiger partial charge in [0.15, 0.2) is 0 Å². The second kappa shape index (κ2) is 5.46. The quantitative estimate of drug-likeness (QED) is 0.686. The number of aryl methyl sites for hydroxylation is 1. The third kappa shape index (κ3) is 3.83.